The number of fused-ring (bicyclic) bond motifs is 1. The highest BCUT2D eigenvalue weighted by molar-refractivity contribution is 7.20. The molecule has 1 aromatic carbocycles. The molecule has 1 unspecified atom stereocenters. The predicted octanol–water partition coefficient (Wildman–Crippen LogP) is 2.00. The van der Waals surface area contributed by atoms with Crippen LogP contribution in [0.5, 0.6) is 5.75 Å². The Kier molecular flexibility index (Phi) is 5.48. The molecule has 1 fully saturated rings. The van der Waals surface area contributed by atoms with Crippen LogP contribution >= 0.6 is 11.3 Å². The Morgan fingerprint density at radius 2 is 2.21 bits per heavy atom. The van der Waals surface area contributed by atoms with Crippen LogP contribution in [0.3, 0.4) is 0 Å². The largest absolute Gasteiger partial charge is 0.496 e. The first kappa shape index (κ1) is 19.4. The van der Waals surface area contributed by atoms with E-state index in [1.165, 1.54) is 21.9 Å². The Morgan fingerprint density at radius 3 is 3.03 bits per heavy atom. The van der Waals surface area contributed by atoms with Crippen molar-refractivity contribution in [2.45, 2.75) is 26.3 Å². The van der Waals surface area contributed by atoms with Gasteiger partial charge in [-0.3, -0.25) is 9.59 Å². The number of carbonyl (C=O) groups is 1. The summed E-state index contributed by atoms with van der Waals surface area (Å²) in [4.78, 5) is 31.9. The van der Waals surface area contributed by atoms with Crippen molar-refractivity contribution < 1.29 is 9.53 Å². The van der Waals surface area contributed by atoms with Gasteiger partial charge < -0.3 is 15.0 Å². The van der Waals surface area contributed by atoms with E-state index in [9.17, 15) is 9.59 Å². The number of nitrogens with zero attached hydrogens (tertiary/aromatic N) is 4. The van der Waals surface area contributed by atoms with Gasteiger partial charge in [0, 0.05) is 37.0 Å². The molecular formula is C20H23N5O3S. The van der Waals surface area contributed by atoms with E-state index in [0.717, 1.165) is 35.8 Å². The fourth-order valence-corrected chi connectivity index (χ4v) is 4.57. The standard InChI is InChI=1S/C20H23N5O3S/c1-13-10-17(26)25-19(22-13)29-20(23-25)24-9-5-7-15(12-24)18(27)21-11-14-6-3-4-8-16(14)28-2/h3-4,6,8,10,15H,5,7,9,11-12H2,1-2H3,(H,21,27). The monoisotopic (exact) mass is 413 g/mol. The fourth-order valence-electron chi connectivity index (χ4n) is 3.58. The highest BCUT2D eigenvalue weighted by Crippen LogP contribution is 2.27. The van der Waals surface area contributed by atoms with Crippen LogP contribution in [0.25, 0.3) is 4.96 Å². The number of benzene rings is 1. The molecule has 4 rings (SSSR count). The topological polar surface area (TPSA) is 88.8 Å². The van der Waals surface area contributed by atoms with Crippen LogP contribution < -0.4 is 20.5 Å². The maximum absolute atomic E-state index is 12.8. The highest BCUT2D eigenvalue weighted by Gasteiger charge is 2.28. The van der Waals surface area contributed by atoms with E-state index in [0.29, 0.717) is 23.7 Å². The molecule has 8 nitrogen and oxygen atoms in total. The Labute approximate surface area is 172 Å². The fraction of sp³-hybridized carbons (Fsp3) is 0.400. The maximum atomic E-state index is 12.8. The number of hydrogen-bond acceptors (Lipinski definition) is 7. The quantitative estimate of drug-likeness (QED) is 0.688. The van der Waals surface area contributed by atoms with E-state index in [-0.39, 0.29) is 17.4 Å². The minimum absolute atomic E-state index is 0.0212. The number of hydrogen-bond donors (Lipinski definition) is 1. The molecule has 0 aliphatic carbocycles. The van der Waals surface area contributed by atoms with Gasteiger partial charge in [-0.15, -0.1) is 5.10 Å². The van der Waals surface area contributed by atoms with E-state index in [1.807, 2.05) is 24.3 Å². The van der Waals surface area contributed by atoms with Crippen molar-refractivity contribution in [3.63, 3.8) is 0 Å². The molecule has 1 amide bonds. The Bertz CT molecular complexity index is 1090. The number of anilines is 1. The molecule has 1 atom stereocenters. The van der Waals surface area contributed by atoms with Crippen LogP contribution in [0.1, 0.15) is 24.1 Å². The summed E-state index contributed by atoms with van der Waals surface area (Å²) < 4.78 is 6.68. The number of amides is 1. The Morgan fingerprint density at radius 1 is 1.38 bits per heavy atom. The van der Waals surface area contributed by atoms with Crippen LogP contribution in [-0.4, -0.2) is 40.7 Å². The van der Waals surface area contributed by atoms with Crippen LogP contribution in [0.2, 0.25) is 0 Å². The first-order valence-electron chi connectivity index (χ1n) is 9.57. The van der Waals surface area contributed by atoms with Crippen molar-refractivity contribution in [1.29, 1.82) is 0 Å². The van der Waals surface area contributed by atoms with Crippen molar-refractivity contribution in [2.75, 3.05) is 25.1 Å². The van der Waals surface area contributed by atoms with Gasteiger partial charge >= 0.3 is 0 Å². The van der Waals surface area contributed by atoms with E-state index in [2.05, 4.69) is 20.3 Å². The molecule has 3 heterocycles. The second kappa shape index (κ2) is 8.20. The van der Waals surface area contributed by atoms with E-state index < -0.39 is 0 Å². The SMILES string of the molecule is COc1ccccc1CNC(=O)C1CCCN(c2nn3c(=O)cc(C)nc3s2)C1. The van der Waals surface area contributed by atoms with Crippen molar-refractivity contribution in [3.05, 3.63) is 51.9 Å². The number of aryl methyl sites for hydroxylation is 1. The normalized spacial score (nSPS) is 16.8. The maximum Gasteiger partial charge on any atom is 0.275 e. The molecule has 1 aliphatic rings. The molecule has 1 saturated heterocycles. The number of piperidine rings is 1. The number of carbonyl (C=O) groups excluding carboxylic acids is 1. The van der Waals surface area contributed by atoms with Gasteiger partial charge in [0.1, 0.15) is 5.75 Å². The molecule has 2 aromatic heterocycles. The number of para-hydroxylation sites is 1. The third-order valence-electron chi connectivity index (χ3n) is 5.07. The summed E-state index contributed by atoms with van der Waals surface area (Å²) in [6.45, 7) is 3.61. The lowest BCUT2D eigenvalue weighted by molar-refractivity contribution is -0.125. The molecule has 9 heteroatoms. The zero-order chi connectivity index (χ0) is 20.4. The summed E-state index contributed by atoms with van der Waals surface area (Å²) >= 11 is 1.38. The second-order valence-electron chi connectivity index (χ2n) is 7.13. The van der Waals surface area contributed by atoms with Crippen LogP contribution in [-0.2, 0) is 11.3 Å². The van der Waals surface area contributed by atoms with E-state index in [4.69, 9.17) is 4.74 Å². The Hall–Kier alpha value is -2.94. The lowest BCUT2D eigenvalue weighted by atomic mass is 9.97. The van der Waals surface area contributed by atoms with Crippen molar-refractivity contribution >= 4 is 27.3 Å². The number of ether oxygens (including phenoxy) is 1. The third-order valence-corrected chi connectivity index (χ3v) is 6.04. The smallest absolute Gasteiger partial charge is 0.275 e. The summed E-state index contributed by atoms with van der Waals surface area (Å²) in [5, 5.41) is 8.18. The lowest BCUT2D eigenvalue weighted by Crippen LogP contribution is -2.43. The van der Waals surface area contributed by atoms with Gasteiger partial charge in [0.15, 0.2) is 0 Å². The third kappa shape index (κ3) is 4.09. The average molecular weight is 414 g/mol. The van der Waals surface area contributed by atoms with Gasteiger partial charge in [0.2, 0.25) is 16.0 Å². The minimum Gasteiger partial charge on any atom is -0.496 e. The summed E-state index contributed by atoms with van der Waals surface area (Å²) in [5.41, 5.74) is 1.44. The molecule has 29 heavy (non-hydrogen) atoms. The average Bonchev–Trinajstić information content (AvgIpc) is 3.17. The molecule has 0 spiro atoms. The van der Waals surface area contributed by atoms with Gasteiger partial charge in [0.05, 0.1) is 13.0 Å². The minimum atomic E-state index is -0.182. The summed E-state index contributed by atoms with van der Waals surface area (Å²) in [7, 11) is 1.62. The molecule has 0 bridgehead atoms. The van der Waals surface area contributed by atoms with Crippen LogP contribution in [0.15, 0.2) is 35.1 Å². The van der Waals surface area contributed by atoms with Gasteiger partial charge in [-0.1, -0.05) is 29.5 Å². The molecule has 1 aliphatic heterocycles. The zero-order valence-electron chi connectivity index (χ0n) is 16.4. The predicted molar refractivity (Wildman–Crippen MR) is 112 cm³/mol. The van der Waals surface area contributed by atoms with Crippen molar-refractivity contribution in [1.82, 2.24) is 19.9 Å². The van der Waals surface area contributed by atoms with Crippen LogP contribution in [0.4, 0.5) is 5.13 Å². The second-order valence-corrected chi connectivity index (χ2v) is 8.06. The summed E-state index contributed by atoms with van der Waals surface area (Å²) in [6, 6.07) is 9.13. The first-order valence-corrected chi connectivity index (χ1v) is 10.4. The molecule has 0 saturated carbocycles. The number of nitrogens with one attached hydrogen (secondary N) is 1. The highest BCUT2D eigenvalue weighted by atomic mass is 32.1. The zero-order valence-corrected chi connectivity index (χ0v) is 17.2. The van der Waals surface area contributed by atoms with Crippen molar-refractivity contribution in [3.8, 4) is 5.75 Å². The molecule has 1 N–H and O–H groups in total. The number of aromatic nitrogens is 3. The lowest BCUT2D eigenvalue weighted by Gasteiger charge is -2.31. The summed E-state index contributed by atoms with van der Waals surface area (Å²) in [5.74, 6) is 0.658. The number of rotatable bonds is 5. The number of methoxy groups -OCH3 is 1. The Balaban J connectivity index is 1.45. The molecule has 3 aromatic rings. The van der Waals surface area contributed by atoms with Gasteiger partial charge in [-0.2, -0.15) is 4.52 Å². The molecular weight excluding hydrogens is 390 g/mol. The summed E-state index contributed by atoms with van der Waals surface area (Å²) in [6.07, 6.45) is 1.72. The van der Waals surface area contributed by atoms with Crippen LogP contribution in [0, 0.1) is 12.8 Å². The molecule has 152 valence electrons. The van der Waals surface area contributed by atoms with Gasteiger partial charge in [-0.05, 0) is 25.8 Å². The molecule has 0 radical (unpaired) electrons. The first-order chi connectivity index (χ1) is 14.0. The van der Waals surface area contributed by atoms with Crippen molar-refractivity contribution in [2.24, 2.45) is 5.92 Å². The van der Waals surface area contributed by atoms with E-state index >= 15 is 0 Å². The van der Waals surface area contributed by atoms with E-state index in [1.54, 1.807) is 14.0 Å². The van der Waals surface area contributed by atoms with Gasteiger partial charge in [-0.25, -0.2) is 4.98 Å². The van der Waals surface area contributed by atoms with Gasteiger partial charge in [0.25, 0.3) is 5.56 Å².